The van der Waals surface area contributed by atoms with Gasteiger partial charge < -0.3 is 14.6 Å². The average molecular weight is 705 g/mol. The summed E-state index contributed by atoms with van der Waals surface area (Å²) in [5, 5.41) is 3.01. The Hall–Kier alpha value is -4.14. The van der Waals surface area contributed by atoms with Crippen LogP contribution in [-0.4, -0.2) is 66.8 Å². The number of pyridine rings is 2. The molecule has 0 saturated carbocycles. The van der Waals surface area contributed by atoms with Crippen molar-refractivity contribution in [3.05, 3.63) is 86.8 Å². The number of likely N-dealkylation sites (tertiary alicyclic amines) is 1. The van der Waals surface area contributed by atoms with Crippen molar-refractivity contribution in [2.24, 2.45) is 5.92 Å². The van der Waals surface area contributed by atoms with Gasteiger partial charge in [-0.1, -0.05) is 57.6 Å². The van der Waals surface area contributed by atoms with Crippen molar-refractivity contribution in [3.63, 3.8) is 0 Å². The van der Waals surface area contributed by atoms with Gasteiger partial charge in [0.05, 0.1) is 19.1 Å². The van der Waals surface area contributed by atoms with E-state index in [-0.39, 0.29) is 25.4 Å². The molecule has 1 aromatic carbocycles. The van der Waals surface area contributed by atoms with Gasteiger partial charge in [-0.3, -0.25) is 19.3 Å². The number of nitrogens with one attached hydrogen (secondary N) is 1. The molecule has 1 aliphatic rings. The second-order valence-corrected chi connectivity index (χ2v) is 19.4. The fourth-order valence-electron chi connectivity index (χ4n) is 6.12. The van der Waals surface area contributed by atoms with Gasteiger partial charge in [0, 0.05) is 37.6 Å². The molecule has 1 N–H and O–H groups in total. The highest BCUT2D eigenvalue weighted by atomic mass is 28.3. The standard InChI is InChI=1S/C39H50F2N4O4Si/c1-9-49-36(46)20-34(29-19-31(37-26(4)11-10-12-27(37)5)33(42-21-29)14-16-50(6,7)8)43-38(47)35(17-25(2)3)45-22-28(18-32(41)39(45)48)13-15-44-23-30(40)24-44/h10-12,18-19,21-22,25,30,34-35H,9,13,15,17,20,23-24H2,1-8H3,(H,43,47). The minimum absolute atomic E-state index is 0.0306. The van der Waals surface area contributed by atoms with Crippen LogP contribution < -0.4 is 10.9 Å². The number of aromatic nitrogens is 2. The van der Waals surface area contributed by atoms with E-state index in [0.29, 0.717) is 42.9 Å². The minimum atomic E-state index is -1.75. The Balaban J connectivity index is 1.77. The van der Waals surface area contributed by atoms with Gasteiger partial charge in [-0.25, -0.2) is 13.8 Å². The molecule has 3 heterocycles. The van der Waals surface area contributed by atoms with Crippen LogP contribution in [0.15, 0.2) is 47.5 Å². The van der Waals surface area contributed by atoms with E-state index in [2.05, 4.69) is 36.4 Å². The highest BCUT2D eigenvalue weighted by Gasteiger charge is 2.30. The average Bonchev–Trinajstić information content (AvgIpc) is 3.01. The highest BCUT2D eigenvalue weighted by Crippen LogP contribution is 2.32. The molecule has 1 fully saturated rings. The molecule has 0 aliphatic carbocycles. The molecule has 0 spiro atoms. The fraction of sp³-hybridized carbons (Fsp3) is 0.487. The predicted octanol–water partition coefficient (Wildman–Crippen LogP) is 6.49. The molecule has 1 aliphatic heterocycles. The van der Waals surface area contributed by atoms with Gasteiger partial charge in [0.15, 0.2) is 5.82 Å². The van der Waals surface area contributed by atoms with Crippen molar-refractivity contribution in [1.29, 1.82) is 0 Å². The van der Waals surface area contributed by atoms with Crippen LogP contribution in [0.3, 0.4) is 0 Å². The van der Waals surface area contributed by atoms with E-state index in [1.165, 1.54) is 12.3 Å². The summed E-state index contributed by atoms with van der Waals surface area (Å²) in [6.07, 6.45) is 2.74. The molecule has 0 bridgehead atoms. The fourth-order valence-corrected chi connectivity index (χ4v) is 6.61. The Bertz CT molecular complexity index is 1800. The van der Waals surface area contributed by atoms with Crippen LogP contribution >= 0.6 is 0 Å². The molecular formula is C39H50F2N4O4Si. The number of esters is 1. The van der Waals surface area contributed by atoms with Crippen LogP contribution in [0.4, 0.5) is 8.78 Å². The lowest BCUT2D eigenvalue weighted by molar-refractivity contribution is -0.144. The molecule has 0 radical (unpaired) electrons. The molecule has 2 aromatic heterocycles. The van der Waals surface area contributed by atoms with Crippen LogP contribution in [0.1, 0.15) is 73.6 Å². The van der Waals surface area contributed by atoms with Crippen LogP contribution in [0.5, 0.6) is 0 Å². The second kappa shape index (κ2) is 16.7. The Morgan fingerprint density at radius 2 is 1.82 bits per heavy atom. The topological polar surface area (TPSA) is 93.5 Å². The zero-order valence-electron chi connectivity index (χ0n) is 30.5. The van der Waals surface area contributed by atoms with Crippen LogP contribution in [-0.2, 0) is 20.7 Å². The summed E-state index contributed by atoms with van der Waals surface area (Å²) in [6, 6.07) is 7.21. The minimum Gasteiger partial charge on any atom is -0.466 e. The Morgan fingerprint density at radius 3 is 2.42 bits per heavy atom. The smallest absolute Gasteiger partial charge is 0.308 e. The number of ether oxygens (including phenoxy) is 1. The Labute approximate surface area is 295 Å². The first-order valence-electron chi connectivity index (χ1n) is 17.4. The summed E-state index contributed by atoms with van der Waals surface area (Å²) < 4.78 is 34.9. The molecule has 8 nitrogen and oxygen atoms in total. The van der Waals surface area contributed by atoms with Gasteiger partial charge in [-0.05, 0) is 79.5 Å². The van der Waals surface area contributed by atoms with E-state index in [1.54, 1.807) is 13.1 Å². The van der Waals surface area contributed by atoms with Crippen molar-refractivity contribution in [1.82, 2.24) is 19.8 Å². The molecule has 11 heteroatoms. The van der Waals surface area contributed by atoms with Crippen LogP contribution in [0.25, 0.3) is 11.1 Å². The number of hydrogen-bond donors (Lipinski definition) is 1. The maximum atomic E-state index is 15.1. The van der Waals surface area contributed by atoms with Crippen molar-refractivity contribution < 1.29 is 23.1 Å². The Morgan fingerprint density at radius 1 is 1.14 bits per heavy atom. The summed E-state index contributed by atoms with van der Waals surface area (Å²) in [6.45, 7) is 17.4. The van der Waals surface area contributed by atoms with Crippen molar-refractivity contribution in [3.8, 4) is 22.6 Å². The maximum Gasteiger partial charge on any atom is 0.308 e. The molecular weight excluding hydrogens is 655 g/mol. The quantitative estimate of drug-likeness (QED) is 0.124. The van der Waals surface area contributed by atoms with E-state index < -0.39 is 49.6 Å². The van der Waals surface area contributed by atoms with Crippen molar-refractivity contribution in [2.75, 3.05) is 26.2 Å². The van der Waals surface area contributed by atoms with E-state index in [0.717, 1.165) is 26.8 Å². The molecule has 2 atom stereocenters. The van der Waals surface area contributed by atoms with Crippen molar-refractivity contribution in [2.45, 2.75) is 91.8 Å². The predicted molar refractivity (Wildman–Crippen MR) is 196 cm³/mol. The number of alkyl halides is 1. The summed E-state index contributed by atoms with van der Waals surface area (Å²) in [5.74, 6) is 1.26. The molecule has 1 amide bonds. The van der Waals surface area contributed by atoms with Gasteiger partial charge in [0.25, 0.3) is 5.56 Å². The van der Waals surface area contributed by atoms with Crippen LogP contribution in [0.2, 0.25) is 19.6 Å². The third-order valence-electron chi connectivity index (χ3n) is 8.63. The normalized spacial score (nSPS) is 14.8. The summed E-state index contributed by atoms with van der Waals surface area (Å²) in [7, 11) is -1.75. The number of carbonyl (C=O) groups excluding carboxylic acids is 2. The number of carbonyl (C=O) groups is 2. The van der Waals surface area contributed by atoms with E-state index in [4.69, 9.17) is 9.72 Å². The first-order valence-corrected chi connectivity index (χ1v) is 20.9. The number of aryl methyl sites for hydroxylation is 2. The van der Waals surface area contributed by atoms with Gasteiger partial charge in [0.1, 0.15) is 26.0 Å². The zero-order chi connectivity index (χ0) is 36.7. The molecule has 3 aromatic rings. The number of nitrogens with zero attached hydrogens (tertiary/aromatic N) is 3. The number of amides is 1. The molecule has 268 valence electrons. The number of hydrogen-bond acceptors (Lipinski definition) is 6. The van der Waals surface area contributed by atoms with Gasteiger partial charge in [0.2, 0.25) is 5.91 Å². The van der Waals surface area contributed by atoms with E-state index >= 15 is 4.39 Å². The zero-order valence-corrected chi connectivity index (χ0v) is 31.5. The van der Waals surface area contributed by atoms with Gasteiger partial charge >= 0.3 is 5.97 Å². The molecule has 2 unspecified atom stereocenters. The lowest BCUT2D eigenvalue weighted by Crippen LogP contribution is -2.49. The third-order valence-corrected chi connectivity index (χ3v) is 9.50. The maximum absolute atomic E-state index is 15.1. The summed E-state index contributed by atoms with van der Waals surface area (Å²) >= 11 is 0. The lowest BCUT2D eigenvalue weighted by atomic mass is 9.92. The number of benzene rings is 1. The monoisotopic (exact) mass is 704 g/mol. The lowest BCUT2D eigenvalue weighted by Gasteiger charge is -2.34. The summed E-state index contributed by atoms with van der Waals surface area (Å²) in [4.78, 5) is 47.1. The second-order valence-electron chi connectivity index (χ2n) is 14.7. The van der Waals surface area contributed by atoms with Gasteiger partial charge in [-0.2, -0.15) is 0 Å². The SMILES string of the molecule is CCOC(=O)CC(NC(=O)C(CC(C)C)n1cc(CCN2CC(F)C2)cc(F)c1=O)c1cnc(C#C[Si](C)(C)C)c(-c2c(C)cccc2C)c1. The Kier molecular flexibility index (Phi) is 12.9. The van der Waals surface area contributed by atoms with Crippen LogP contribution in [0, 0.1) is 37.0 Å². The van der Waals surface area contributed by atoms with Gasteiger partial charge in [-0.15, -0.1) is 5.54 Å². The first-order chi connectivity index (χ1) is 23.6. The summed E-state index contributed by atoms with van der Waals surface area (Å²) in [5.41, 5.74) is 8.03. The first kappa shape index (κ1) is 38.7. The third kappa shape index (κ3) is 10.2. The van der Waals surface area contributed by atoms with Crippen molar-refractivity contribution >= 4 is 20.0 Å². The largest absolute Gasteiger partial charge is 0.466 e. The molecule has 50 heavy (non-hydrogen) atoms. The molecule has 1 saturated heterocycles. The number of halogens is 2. The highest BCUT2D eigenvalue weighted by molar-refractivity contribution is 6.83. The molecule has 4 rings (SSSR count). The van der Waals surface area contributed by atoms with E-state index in [9.17, 15) is 18.8 Å². The van der Waals surface area contributed by atoms with E-state index in [1.807, 2.05) is 56.9 Å². The number of rotatable bonds is 13.